The van der Waals surface area contributed by atoms with Crippen molar-refractivity contribution in [2.24, 2.45) is 0 Å². The first kappa shape index (κ1) is 35.8. The molecule has 2 nitrogen and oxygen atoms in total. The Balaban J connectivity index is 0.0000122. The van der Waals surface area contributed by atoms with Gasteiger partial charge in [-0.05, 0) is 100 Å². The van der Waals surface area contributed by atoms with Gasteiger partial charge in [0.1, 0.15) is 0 Å². The van der Waals surface area contributed by atoms with E-state index in [1.165, 1.54) is 113 Å². The van der Waals surface area contributed by atoms with Gasteiger partial charge in [-0.1, -0.05) is 91.7 Å². The molecule has 0 saturated heterocycles. The quantitative estimate of drug-likeness (QED) is 0.0551. The fraction of sp³-hybridized carbons (Fsp3) is 0.750. The van der Waals surface area contributed by atoms with E-state index >= 15 is 0 Å². The Kier molecular flexibility index (Phi) is 24.9. The van der Waals surface area contributed by atoms with Crippen LogP contribution in [0.3, 0.4) is 0 Å². The molecule has 1 atom stereocenters. The highest BCUT2D eigenvalue weighted by molar-refractivity contribution is 8.93. The molecule has 0 aliphatic carbocycles. The lowest BCUT2D eigenvalue weighted by atomic mass is 10.1. The highest BCUT2D eigenvalue weighted by Gasteiger charge is 2.09. The summed E-state index contributed by atoms with van der Waals surface area (Å²) in [6, 6.07) is 4.62. The Bertz CT molecular complexity index is 648. The first-order valence-electron chi connectivity index (χ1n) is 14.8. The van der Waals surface area contributed by atoms with Crippen LogP contribution in [-0.4, -0.2) is 25.7 Å². The van der Waals surface area contributed by atoms with Crippen LogP contribution in [0.15, 0.2) is 24.3 Å². The Morgan fingerprint density at radius 2 is 1.28 bits per heavy atom. The second kappa shape index (κ2) is 25.1. The lowest BCUT2D eigenvalue weighted by Crippen LogP contribution is -2.19. The minimum Gasteiger partial charge on any atom is -0.353 e. The number of allylic oxidation sites excluding steroid dienone is 2. The minimum absolute atomic E-state index is 0. The Labute approximate surface area is 237 Å². The predicted molar refractivity (Wildman–Crippen MR) is 169 cm³/mol. The molecule has 0 fully saturated rings. The number of halogens is 1. The SMILES string of the molecule is Br.CCCCCCOC(CCCCCC=CCCCPc1ccc(C)c(C)c1C)OCCCCCC. The average Bonchev–Trinajstić information content (AvgIpc) is 2.86. The maximum absolute atomic E-state index is 6.09. The lowest BCUT2D eigenvalue weighted by Gasteiger charge is -2.19. The molecule has 1 aromatic rings. The van der Waals surface area contributed by atoms with Crippen LogP contribution >= 0.6 is 25.6 Å². The van der Waals surface area contributed by atoms with E-state index in [-0.39, 0.29) is 23.3 Å². The summed E-state index contributed by atoms with van der Waals surface area (Å²) in [6.07, 6.45) is 24.7. The lowest BCUT2D eigenvalue weighted by molar-refractivity contribution is -0.148. The molecule has 4 heteroatoms. The van der Waals surface area contributed by atoms with Gasteiger partial charge < -0.3 is 9.47 Å². The van der Waals surface area contributed by atoms with Crippen molar-refractivity contribution in [2.45, 2.75) is 137 Å². The van der Waals surface area contributed by atoms with E-state index in [9.17, 15) is 0 Å². The molecule has 0 amide bonds. The second-order valence-corrected chi connectivity index (χ2v) is 11.5. The zero-order valence-electron chi connectivity index (χ0n) is 24.3. The smallest absolute Gasteiger partial charge is 0.157 e. The van der Waals surface area contributed by atoms with Gasteiger partial charge in [-0.3, -0.25) is 0 Å². The van der Waals surface area contributed by atoms with Crippen LogP contribution in [0.2, 0.25) is 0 Å². The van der Waals surface area contributed by atoms with Gasteiger partial charge >= 0.3 is 0 Å². The normalized spacial score (nSPS) is 11.8. The first-order valence-corrected chi connectivity index (χ1v) is 16.0. The van der Waals surface area contributed by atoms with Gasteiger partial charge in [0, 0.05) is 13.2 Å². The van der Waals surface area contributed by atoms with Crippen molar-refractivity contribution in [1.82, 2.24) is 0 Å². The van der Waals surface area contributed by atoms with E-state index in [0.29, 0.717) is 0 Å². The highest BCUT2D eigenvalue weighted by atomic mass is 79.9. The van der Waals surface area contributed by atoms with Gasteiger partial charge in [-0.15, -0.1) is 17.0 Å². The zero-order chi connectivity index (χ0) is 25.6. The van der Waals surface area contributed by atoms with Crippen molar-refractivity contribution in [2.75, 3.05) is 19.4 Å². The summed E-state index contributed by atoms with van der Waals surface area (Å²) in [4.78, 5) is 0. The number of rotatable bonds is 23. The van der Waals surface area contributed by atoms with Crippen LogP contribution in [0.1, 0.15) is 127 Å². The van der Waals surface area contributed by atoms with E-state index < -0.39 is 0 Å². The van der Waals surface area contributed by atoms with Crippen molar-refractivity contribution in [3.05, 3.63) is 41.0 Å². The Morgan fingerprint density at radius 3 is 1.89 bits per heavy atom. The van der Waals surface area contributed by atoms with Gasteiger partial charge in [0.05, 0.1) is 0 Å². The minimum atomic E-state index is 0. The Morgan fingerprint density at radius 1 is 0.694 bits per heavy atom. The standard InChI is InChI=1S/C32H57O2P.BrH/c1-6-8-10-19-25-33-32(34-26-20-11-9-7-2)22-18-16-14-12-13-15-17-21-27-35-31-24-23-28(3)29(4)30(31)5;/h13,15,23-24,32,35H,6-12,14,16-22,25-27H2,1-5H3;1H. The predicted octanol–water partition coefficient (Wildman–Crippen LogP) is 10.3. The molecular formula is C32H58BrO2P. The second-order valence-electron chi connectivity index (χ2n) is 10.2. The highest BCUT2D eigenvalue weighted by Crippen LogP contribution is 2.20. The number of ether oxygens (including phenoxy) is 2. The van der Waals surface area contributed by atoms with E-state index in [2.05, 4.69) is 58.9 Å². The maximum atomic E-state index is 6.09. The molecule has 0 aliphatic rings. The van der Waals surface area contributed by atoms with Gasteiger partial charge in [-0.25, -0.2) is 0 Å². The molecule has 0 saturated carbocycles. The summed E-state index contributed by atoms with van der Waals surface area (Å²) < 4.78 is 12.2. The first-order chi connectivity index (χ1) is 17.1. The van der Waals surface area contributed by atoms with Crippen molar-refractivity contribution in [3.63, 3.8) is 0 Å². The average molecular weight is 586 g/mol. The van der Waals surface area contributed by atoms with E-state index in [1.807, 2.05) is 0 Å². The molecule has 210 valence electrons. The number of unbranched alkanes of at least 4 members (excludes halogenated alkanes) is 10. The molecule has 0 spiro atoms. The molecule has 1 unspecified atom stereocenters. The van der Waals surface area contributed by atoms with Gasteiger partial charge in [-0.2, -0.15) is 0 Å². The third-order valence-electron chi connectivity index (χ3n) is 7.00. The van der Waals surface area contributed by atoms with Crippen molar-refractivity contribution < 1.29 is 9.47 Å². The number of hydrogen-bond acceptors (Lipinski definition) is 2. The van der Waals surface area contributed by atoms with Crippen LogP contribution in [0.5, 0.6) is 0 Å². The summed E-state index contributed by atoms with van der Waals surface area (Å²) in [5.41, 5.74) is 4.39. The summed E-state index contributed by atoms with van der Waals surface area (Å²) in [5.74, 6) is 0. The number of benzene rings is 1. The summed E-state index contributed by atoms with van der Waals surface area (Å²) in [7, 11) is 0.946. The maximum Gasteiger partial charge on any atom is 0.157 e. The van der Waals surface area contributed by atoms with Crippen LogP contribution in [-0.2, 0) is 9.47 Å². The fourth-order valence-corrected chi connectivity index (χ4v) is 5.58. The van der Waals surface area contributed by atoms with Crippen molar-refractivity contribution in [1.29, 1.82) is 0 Å². The number of aryl methyl sites for hydroxylation is 1. The van der Waals surface area contributed by atoms with Gasteiger partial charge in [0.25, 0.3) is 0 Å². The molecule has 0 aliphatic heterocycles. The topological polar surface area (TPSA) is 18.5 Å². The summed E-state index contributed by atoms with van der Waals surface area (Å²) >= 11 is 0. The molecule has 0 bridgehead atoms. The molecule has 0 radical (unpaired) electrons. The van der Waals surface area contributed by atoms with E-state index in [4.69, 9.17) is 9.47 Å². The molecule has 0 heterocycles. The van der Waals surface area contributed by atoms with E-state index in [0.717, 1.165) is 28.2 Å². The van der Waals surface area contributed by atoms with E-state index in [1.54, 1.807) is 5.30 Å². The summed E-state index contributed by atoms with van der Waals surface area (Å²) in [6.45, 7) is 13.0. The molecular weight excluding hydrogens is 527 g/mol. The molecule has 1 aromatic carbocycles. The zero-order valence-corrected chi connectivity index (χ0v) is 27.1. The third kappa shape index (κ3) is 18.1. The number of hydrogen-bond donors (Lipinski definition) is 0. The largest absolute Gasteiger partial charge is 0.353 e. The van der Waals surface area contributed by atoms with Crippen LogP contribution in [0.25, 0.3) is 0 Å². The molecule has 36 heavy (non-hydrogen) atoms. The van der Waals surface area contributed by atoms with Crippen molar-refractivity contribution >= 4 is 30.9 Å². The monoisotopic (exact) mass is 584 g/mol. The van der Waals surface area contributed by atoms with Gasteiger partial charge in [0.15, 0.2) is 6.29 Å². The van der Waals surface area contributed by atoms with Gasteiger partial charge in [0.2, 0.25) is 0 Å². The Hall–Kier alpha value is -0.210. The third-order valence-corrected chi connectivity index (χ3v) is 8.53. The summed E-state index contributed by atoms with van der Waals surface area (Å²) in [5, 5.41) is 1.56. The van der Waals surface area contributed by atoms with Crippen molar-refractivity contribution in [3.8, 4) is 0 Å². The fourth-order valence-electron chi connectivity index (χ4n) is 4.28. The molecule has 1 rings (SSSR count). The van der Waals surface area contributed by atoms with Crippen LogP contribution in [0.4, 0.5) is 0 Å². The van der Waals surface area contributed by atoms with Crippen LogP contribution in [0, 0.1) is 20.8 Å². The van der Waals surface area contributed by atoms with Crippen LogP contribution < -0.4 is 5.30 Å². The molecule has 0 aromatic heterocycles. The molecule has 0 N–H and O–H groups in total.